The normalized spacial score (nSPS) is 12.1. The van der Waals surface area contributed by atoms with Gasteiger partial charge in [0.2, 0.25) is 0 Å². The van der Waals surface area contributed by atoms with E-state index in [1.807, 2.05) is 6.07 Å². The molecule has 5 heteroatoms. The molecule has 144 valence electrons. The Morgan fingerprint density at radius 3 is 2.68 bits per heavy atom. The molecule has 0 aliphatic carbocycles. The maximum Gasteiger partial charge on any atom is 0.334 e. The lowest BCUT2D eigenvalue weighted by Gasteiger charge is -2.16. The number of carbonyl (C=O) groups is 1. The van der Waals surface area contributed by atoms with Crippen molar-refractivity contribution in [2.24, 2.45) is 0 Å². The molecule has 2 aromatic carbocycles. The van der Waals surface area contributed by atoms with Crippen molar-refractivity contribution in [2.45, 2.75) is 26.2 Å². The number of fused-ring (bicyclic) bond motifs is 1. The van der Waals surface area contributed by atoms with E-state index in [-0.39, 0.29) is 6.54 Å². The maximum atomic E-state index is 11.6. The lowest BCUT2D eigenvalue weighted by Crippen LogP contribution is -2.14. The summed E-state index contributed by atoms with van der Waals surface area (Å²) < 4.78 is 10.6. The van der Waals surface area contributed by atoms with Crippen molar-refractivity contribution in [3.63, 3.8) is 0 Å². The Morgan fingerprint density at radius 2 is 2.07 bits per heavy atom. The Labute approximate surface area is 165 Å². The van der Waals surface area contributed by atoms with E-state index in [1.165, 1.54) is 12.7 Å². The standard InChI is InChI=1S/C23H24N2O3/c1-14(2)16-5-7-17(8-6-16)19-11-21(25-13-15(3)23(26)27-4)20(12-24)18-9-10-28-22(18)19/h5-8,11,14,25H,3,9-10,13H2,1-2,4H3. The van der Waals surface area contributed by atoms with E-state index in [1.54, 1.807) is 0 Å². The zero-order valence-electron chi connectivity index (χ0n) is 16.5. The van der Waals surface area contributed by atoms with Crippen LogP contribution in [0.2, 0.25) is 0 Å². The number of anilines is 1. The molecule has 1 heterocycles. The molecule has 5 nitrogen and oxygen atoms in total. The van der Waals surface area contributed by atoms with Crippen LogP contribution < -0.4 is 10.1 Å². The molecule has 0 fully saturated rings. The molecule has 2 aromatic rings. The SMILES string of the molecule is C=C(CNc1cc(-c2ccc(C(C)C)cc2)c2c(c1C#N)CCO2)C(=O)OC. The van der Waals surface area contributed by atoms with E-state index in [0.717, 1.165) is 22.4 Å². The van der Waals surface area contributed by atoms with Gasteiger partial charge in [0.05, 0.1) is 25.0 Å². The molecule has 3 rings (SSSR count). The number of rotatable bonds is 6. The lowest BCUT2D eigenvalue weighted by molar-refractivity contribution is -0.136. The van der Waals surface area contributed by atoms with Gasteiger partial charge in [-0.05, 0) is 23.1 Å². The van der Waals surface area contributed by atoms with E-state index in [2.05, 4.69) is 56.1 Å². The van der Waals surface area contributed by atoms with E-state index in [4.69, 9.17) is 9.47 Å². The monoisotopic (exact) mass is 376 g/mol. The molecule has 1 N–H and O–H groups in total. The van der Waals surface area contributed by atoms with E-state index >= 15 is 0 Å². The second-order valence-corrected chi connectivity index (χ2v) is 7.09. The summed E-state index contributed by atoms with van der Waals surface area (Å²) in [6.45, 7) is 8.81. The number of carbonyl (C=O) groups excluding carboxylic acids is 1. The molecule has 0 saturated carbocycles. The highest BCUT2D eigenvalue weighted by atomic mass is 16.5. The van der Waals surface area contributed by atoms with Crippen LogP contribution in [0.15, 0.2) is 42.5 Å². The Balaban J connectivity index is 2.01. The van der Waals surface area contributed by atoms with Crippen molar-refractivity contribution >= 4 is 11.7 Å². The number of nitrogens with zero attached hydrogens (tertiary/aromatic N) is 1. The third-order valence-electron chi connectivity index (χ3n) is 4.94. The van der Waals surface area contributed by atoms with Gasteiger partial charge in [-0.15, -0.1) is 0 Å². The number of hydrogen-bond acceptors (Lipinski definition) is 5. The first-order valence-electron chi connectivity index (χ1n) is 9.29. The van der Waals surface area contributed by atoms with Crippen LogP contribution in [0.4, 0.5) is 5.69 Å². The molecular formula is C23H24N2O3. The third-order valence-corrected chi connectivity index (χ3v) is 4.94. The Hall–Kier alpha value is -3.26. The van der Waals surface area contributed by atoms with Gasteiger partial charge in [-0.2, -0.15) is 5.26 Å². The second-order valence-electron chi connectivity index (χ2n) is 7.09. The quantitative estimate of drug-likeness (QED) is 0.597. The predicted octanol–water partition coefficient (Wildman–Crippen LogP) is 4.42. The van der Waals surface area contributed by atoms with Crippen molar-refractivity contribution in [3.05, 3.63) is 59.2 Å². The zero-order chi connectivity index (χ0) is 20.3. The fraction of sp³-hybridized carbons (Fsp3) is 0.304. The summed E-state index contributed by atoms with van der Waals surface area (Å²) in [7, 11) is 1.32. The predicted molar refractivity (Wildman–Crippen MR) is 110 cm³/mol. The van der Waals surface area contributed by atoms with Crippen LogP contribution in [0.3, 0.4) is 0 Å². The van der Waals surface area contributed by atoms with Crippen molar-refractivity contribution in [3.8, 4) is 22.9 Å². The largest absolute Gasteiger partial charge is 0.492 e. The fourth-order valence-electron chi connectivity index (χ4n) is 3.33. The highest BCUT2D eigenvalue weighted by Crippen LogP contribution is 2.42. The van der Waals surface area contributed by atoms with Crippen molar-refractivity contribution in [2.75, 3.05) is 25.6 Å². The van der Waals surface area contributed by atoms with Gasteiger partial charge in [0.1, 0.15) is 11.8 Å². The summed E-state index contributed by atoms with van der Waals surface area (Å²) in [5, 5.41) is 12.9. The molecule has 1 aliphatic heterocycles. The molecular weight excluding hydrogens is 352 g/mol. The van der Waals surface area contributed by atoms with Crippen LogP contribution >= 0.6 is 0 Å². The second kappa shape index (κ2) is 8.18. The number of hydrogen-bond donors (Lipinski definition) is 1. The highest BCUT2D eigenvalue weighted by Gasteiger charge is 2.24. The average Bonchev–Trinajstić information content (AvgIpc) is 3.20. The smallest absolute Gasteiger partial charge is 0.334 e. The first-order valence-corrected chi connectivity index (χ1v) is 9.29. The van der Waals surface area contributed by atoms with Gasteiger partial charge < -0.3 is 14.8 Å². The van der Waals surface area contributed by atoms with Gasteiger partial charge in [0.25, 0.3) is 0 Å². The van der Waals surface area contributed by atoms with Crippen molar-refractivity contribution < 1.29 is 14.3 Å². The summed E-state index contributed by atoms with van der Waals surface area (Å²) in [5.74, 6) is 0.754. The van der Waals surface area contributed by atoms with Crippen LogP contribution in [0.25, 0.3) is 11.1 Å². The zero-order valence-corrected chi connectivity index (χ0v) is 16.5. The highest BCUT2D eigenvalue weighted by molar-refractivity contribution is 5.89. The van der Waals surface area contributed by atoms with E-state index < -0.39 is 5.97 Å². The summed E-state index contributed by atoms with van der Waals surface area (Å²) in [6, 6.07) is 12.6. The fourth-order valence-corrected chi connectivity index (χ4v) is 3.33. The Morgan fingerprint density at radius 1 is 1.36 bits per heavy atom. The first kappa shape index (κ1) is 19.5. The van der Waals surface area contributed by atoms with Crippen LogP contribution in [-0.2, 0) is 16.0 Å². The number of ether oxygens (including phenoxy) is 2. The summed E-state index contributed by atoms with van der Waals surface area (Å²) in [6.07, 6.45) is 0.683. The van der Waals surface area contributed by atoms with Gasteiger partial charge in [0, 0.05) is 29.7 Å². The molecule has 0 saturated heterocycles. The molecule has 28 heavy (non-hydrogen) atoms. The van der Waals surface area contributed by atoms with Crippen molar-refractivity contribution in [1.82, 2.24) is 0 Å². The molecule has 0 radical (unpaired) electrons. The number of nitriles is 1. The first-order chi connectivity index (χ1) is 13.5. The van der Waals surface area contributed by atoms with Gasteiger partial charge in [-0.3, -0.25) is 0 Å². The number of benzene rings is 2. The average molecular weight is 376 g/mol. The van der Waals surface area contributed by atoms with Crippen LogP contribution in [-0.4, -0.2) is 26.2 Å². The lowest BCUT2D eigenvalue weighted by atomic mass is 9.94. The minimum Gasteiger partial charge on any atom is -0.492 e. The minimum absolute atomic E-state index is 0.201. The summed E-state index contributed by atoms with van der Waals surface area (Å²) in [4.78, 5) is 11.6. The van der Waals surface area contributed by atoms with Crippen LogP contribution in [0.1, 0.15) is 36.5 Å². The van der Waals surface area contributed by atoms with E-state index in [0.29, 0.717) is 35.8 Å². The molecule has 0 spiro atoms. The number of esters is 1. The maximum absolute atomic E-state index is 11.6. The minimum atomic E-state index is -0.472. The number of nitrogens with one attached hydrogen (secondary N) is 1. The molecule has 0 bridgehead atoms. The summed E-state index contributed by atoms with van der Waals surface area (Å²) in [5.41, 5.74) is 5.65. The Kier molecular flexibility index (Phi) is 5.70. The molecule has 0 aromatic heterocycles. The van der Waals surface area contributed by atoms with Crippen LogP contribution in [0.5, 0.6) is 5.75 Å². The van der Waals surface area contributed by atoms with Gasteiger partial charge >= 0.3 is 5.97 Å². The number of methoxy groups -OCH3 is 1. The molecule has 1 aliphatic rings. The third kappa shape index (κ3) is 3.72. The van der Waals surface area contributed by atoms with Crippen molar-refractivity contribution in [1.29, 1.82) is 5.26 Å². The van der Waals surface area contributed by atoms with Crippen LogP contribution in [0, 0.1) is 11.3 Å². The van der Waals surface area contributed by atoms with E-state index in [9.17, 15) is 10.1 Å². The van der Waals surface area contributed by atoms with Gasteiger partial charge in [-0.1, -0.05) is 44.7 Å². The molecule has 0 unspecified atom stereocenters. The topological polar surface area (TPSA) is 71.3 Å². The molecule has 0 atom stereocenters. The Bertz CT molecular complexity index is 953. The van der Waals surface area contributed by atoms with Gasteiger partial charge in [0.15, 0.2) is 0 Å². The molecule has 0 amide bonds. The van der Waals surface area contributed by atoms with Gasteiger partial charge in [-0.25, -0.2) is 4.79 Å². The summed E-state index contributed by atoms with van der Waals surface area (Å²) >= 11 is 0.